The van der Waals surface area contributed by atoms with Crippen molar-refractivity contribution < 1.29 is 23.4 Å². The van der Waals surface area contributed by atoms with Crippen LogP contribution in [0.1, 0.15) is 13.8 Å². The van der Waals surface area contributed by atoms with Gasteiger partial charge >= 0.3 is 5.97 Å². The summed E-state index contributed by atoms with van der Waals surface area (Å²) in [5.74, 6) is -2.58. The normalized spacial score (nSPS) is 11.2. The number of carboxylic acid groups (broad SMARTS) is 1. The summed E-state index contributed by atoms with van der Waals surface area (Å²) in [7, 11) is 0. The van der Waals surface area contributed by atoms with E-state index in [2.05, 4.69) is 0 Å². The van der Waals surface area contributed by atoms with Crippen molar-refractivity contribution in [2.24, 2.45) is 5.41 Å². The first-order chi connectivity index (χ1) is 7.31. The molecule has 0 atom stereocenters. The Hall–Kier alpha value is -1.65. The fourth-order valence-corrected chi connectivity index (χ4v) is 0.937. The van der Waals surface area contributed by atoms with E-state index in [1.54, 1.807) is 0 Å². The van der Waals surface area contributed by atoms with Gasteiger partial charge in [-0.25, -0.2) is 8.78 Å². The molecule has 1 aromatic rings. The van der Waals surface area contributed by atoms with E-state index in [0.717, 1.165) is 18.2 Å². The van der Waals surface area contributed by atoms with Crippen LogP contribution in [0.15, 0.2) is 18.2 Å². The molecule has 0 aliphatic carbocycles. The van der Waals surface area contributed by atoms with Crippen molar-refractivity contribution in [1.29, 1.82) is 0 Å². The first-order valence-corrected chi connectivity index (χ1v) is 4.63. The van der Waals surface area contributed by atoms with Gasteiger partial charge in [-0.05, 0) is 13.8 Å². The third-order valence-electron chi connectivity index (χ3n) is 2.01. The van der Waals surface area contributed by atoms with Crippen molar-refractivity contribution in [1.82, 2.24) is 0 Å². The molecular weight excluding hydrogens is 218 g/mol. The van der Waals surface area contributed by atoms with Crippen LogP contribution in [0.3, 0.4) is 0 Å². The molecule has 0 spiro atoms. The molecule has 0 fully saturated rings. The van der Waals surface area contributed by atoms with Crippen molar-refractivity contribution in [2.75, 3.05) is 6.61 Å². The third kappa shape index (κ3) is 3.18. The summed E-state index contributed by atoms with van der Waals surface area (Å²) in [6, 6.07) is 2.72. The standard InChI is InChI=1S/C11H12F2O3/c1-11(2,10(14)15)6-16-9-4-7(12)3-8(13)5-9/h3-5H,6H2,1-2H3,(H,14,15). The van der Waals surface area contributed by atoms with Gasteiger partial charge in [0.2, 0.25) is 0 Å². The van der Waals surface area contributed by atoms with Gasteiger partial charge in [-0.15, -0.1) is 0 Å². The Balaban J connectivity index is 2.71. The molecule has 0 heterocycles. The Morgan fingerprint density at radius 1 is 1.31 bits per heavy atom. The molecule has 0 aliphatic heterocycles. The fourth-order valence-electron chi connectivity index (χ4n) is 0.937. The molecule has 0 bridgehead atoms. The van der Waals surface area contributed by atoms with Crippen LogP contribution in [0.5, 0.6) is 5.75 Å². The van der Waals surface area contributed by atoms with Crippen LogP contribution in [0, 0.1) is 17.0 Å². The summed E-state index contributed by atoms with van der Waals surface area (Å²) in [5, 5.41) is 8.80. The Morgan fingerprint density at radius 2 is 1.81 bits per heavy atom. The number of carbonyl (C=O) groups is 1. The van der Waals surface area contributed by atoms with Crippen LogP contribution >= 0.6 is 0 Å². The summed E-state index contributed by atoms with van der Waals surface area (Å²) in [4.78, 5) is 10.7. The molecule has 0 radical (unpaired) electrons. The quantitative estimate of drug-likeness (QED) is 0.864. The van der Waals surface area contributed by atoms with E-state index in [9.17, 15) is 13.6 Å². The van der Waals surface area contributed by atoms with E-state index in [0.29, 0.717) is 0 Å². The molecule has 1 N–H and O–H groups in total. The molecule has 0 amide bonds. The summed E-state index contributed by atoms with van der Waals surface area (Å²) in [5.41, 5.74) is -1.11. The molecule has 16 heavy (non-hydrogen) atoms. The Labute approximate surface area is 91.7 Å². The van der Waals surface area contributed by atoms with Crippen LogP contribution in [0.4, 0.5) is 8.78 Å². The zero-order valence-electron chi connectivity index (χ0n) is 8.96. The van der Waals surface area contributed by atoms with Crippen LogP contribution in [-0.2, 0) is 4.79 Å². The van der Waals surface area contributed by atoms with Gasteiger partial charge in [-0.3, -0.25) is 4.79 Å². The van der Waals surface area contributed by atoms with Crippen LogP contribution in [-0.4, -0.2) is 17.7 Å². The lowest BCUT2D eigenvalue weighted by Crippen LogP contribution is -2.30. The lowest BCUT2D eigenvalue weighted by atomic mass is 9.95. The SMILES string of the molecule is CC(C)(COc1cc(F)cc(F)c1)C(=O)O. The average molecular weight is 230 g/mol. The zero-order chi connectivity index (χ0) is 12.3. The van der Waals surface area contributed by atoms with Crippen molar-refractivity contribution >= 4 is 5.97 Å². The van der Waals surface area contributed by atoms with Gasteiger partial charge < -0.3 is 9.84 Å². The van der Waals surface area contributed by atoms with Crippen molar-refractivity contribution in [3.05, 3.63) is 29.8 Å². The van der Waals surface area contributed by atoms with Gasteiger partial charge in [-0.2, -0.15) is 0 Å². The summed E-state index contributed by atoms with van der Waals surface area (Å²) in [6.07, 6.45) is 0. The first kappa shape index (κ1) is 12.4. The number of hydrogen-bond acceptors (Lipinski definition) is 2. The topological polar surface area (TPSA) is 46.5 Å². The highest BCUT2D eigenvalue weighted by Gasteiger charge is 2.28. The predicted molar refractivity (Wildman–Crippen MR) is 53.3 cm³/mol. The molecule has 88 valence electrons. The van der Waals surface area contributed by atoms with Gasteiger partial charge in [0.05, 0.1) is 5.41 Å². The second kappa shape index (κ2) is 4.47. The third-order valence-corrected chi connectivity index (χ3v) is 2.01. The second-order valence-corrected chi connectivity index (χ2v) is 4.08. The lowest BCUT2D eigenvalue weighted by Gasteiger charge is -2.19. The number of carboxylic acids is 1. The molecule has 3 nitrogen and oxygen atoms in total. The molecule has 0 aliphatic rings. The molecular formula is C11H12F2O3. The van der Waals surface area contributed by atoms with Gasteiger partial charge in [0.15, 0.2) is 0 Å². The lowest BCUT2D eigenvalue weighted by molar-refractivity contribution is -0.148. The van der Waals surface area contributed by atoms with Gasteiger partial charge in [0, 0.05) is 18.2 Å². The second-order valence-electron chi connectivity index (χ2n) is 4.08. The largest absolute Gasteiger partial charge is 0.492 e. The minimum Gasteiger partial charge on any atom is -0.492 e. The van der Waals surface area contributed by atoms with E-state index >= 15 is 0 Å². The van der Waals surface area contributed by atoms with E-state index in [4.69, 9.17) is 9.84 Å². The van der Waals surface area contributed by atoms with Crippen LogP contribution < -0.4 is 4.74 Å². The van der Waals surface area contributed by atoms with Gasteiger partial charge in [0.25, 0.3) is 0 Å². The van der Waals surface area contributed by atoms with Gasteiger partial charge in [-0.1, -0.05) is 0 Å². The maximum atomic E-state index is 12.8. The fraction of sp³-hybridized carbons (Fsp3) is 0.364. The minimum absolute atomic E-state index is 0.0215. The molecule has 0 saturated carbocycles. The molecule has 1 rings (SSSR count). The van der Waals surface area contributed by atoms with Crippen molar-refractivity contribution in [3.8, 4) is 5.75 Å². The number of ether oxygens (including phenoxy) is 1. The molecule has 0 saturated heterocycles. The number of benzene rings is 1. The highest BCUT2D eigenvalue weighted by atomic mass is 19.1. The van der Waals surface area contributed by atoms with E-state index in [-0.39, 0.29) is 12.4 Å². The van der Waals surface area contributed by atoms with E-state index < -0.39 is 23.0 Å². The molecule has 0 unspecified atom stereocenters. The summed E-state index contributed by atoms with van der Waals surface area (Å²) >= 11 is 0. The highest BCUT2D eigenvalue weighted by Crippen LogP contribution is 2.20. The minimum atomic E-state index is -1.11. The first-order valence-electron chi connectivity index (χ1n) is 4.63. The predicted octanol–water partition coefficient (Wildman–Crippen LogP) is 2.45. The Bertz CT molecular complexity index is 382. The Kier molecular flexibility index (Phi) is 3.47. The smallest absolute Gasteiger partial charge is 0.312 e. The van der Waals surface area contributed by atoms with Crippen molar-refractivity contribution in [3.63, 3.8) is 0 Å². The van der Waals surface area contributed by atoms with Crippen LogP contribution in [0.25, 0.3) is 0 Å². The Morgan fingerprint density at radius 3 is 2.25 bits per heavy atom. The summed E-state index contributed by atoms with van der Waals surface area (Å²) in [6.45, 7) is 2.77. The number of rotatable bonds is 4. The monoisotopic (exact) mass is 230 g/mol. The van der Waals surface area contributed by atoms with Crippen LogP contribution in [0.2, 0.25) is 0 Å². The number of aliphatic carboxylic acids is 1. The maximum Gasteiger partial charge on any atom is 0.312 e. The molecule has 0 aromatic heterocycles. The van der Waals surface area contributed by atoms with E-state index in [1.807, 2.05) is 0 Å². The van der Waals surface area contributed by atoms with E-state index in [1.165, 1.54) is 13.8 Å². The number of halogens is 2. The molecule has 1 aromatic carbocycles. The molecule has 5 heteroatoms. The summed E-state index contributed by atoms with van der Waals surface area (Å²) < 4.78 is 30.6. The maximum absolute atomic E-state index is 12.8. The zero-order valence-corrected chi connectivity index (χ0v) is 8.96. The number of hydrogen-bond donors (Lipinski definition) is 1. The van der Waals surface area contributed by atoms with Gasteiger partial charge in [0.1, 0.15) is 24.0 Å². The highest BCUT2D eigenvalue weighted by molar-refractivity contribution is 5.73. The average Bonchev–Trinajstić information content (AvgIpc) is 2.13. The van der Waals surface area contributed by atoms with Crippen molar-refractivity contribution in [2.45, 2.75) is 13.8 Å².